The average Bonchev–Trinajstić information content (AvgIpc) is 2.87. The van der Waals surface area contributed by atoms with Crippen LogP contribution >= 0.6 is 0 Å². The molecule has 0 saturated carbocycles. The second-order valence-corrected chi connectivity index (χ2v) is 7.02. The second kappa shape index (κ2) is 7.90. The lowest BCUT2D eigenvalue weighted by Gasteiger charge is -2.36. The van der Waals surface area contributed by atoms with E-state index in [1.54, 1.807) is 0 Å². The molecule has 5 heteroatoms. The Morgan fingerprint density at radius 3 is 2.86 bits per heavy atom. The largest absolute Gasteiger partial charge is 0.311 e. The van der Waals surface area contributed by atoms with E-state index in [1.165, 1.54) is 19.4 Å². The second-order valence-electron chi connectivity index (χ2n) is 7.02. The van der Waals surface area contributed by atoms with Gasteiger partial charge in [-0.3, -0.25) is 9.58 Å². The van der Waals surface area contributed by atoms with Gasteiger partial charge in [-0.15, -0.1) is 5.10 Å². The highest BCUT2D eigenvalue weighted by molar-refractivity contribution is 4.91. The van der Waals surface area contributed by atoms with E-state index in [0.717, 1.165) is 37.8 Å². The van der Waals surface area contributed by atoms with Gasteiger partial charge < -0.3 is 5.32 Å². The third-order valence-electron chi connectivity index (χ3n) is 4.31. The number of hydrogen-bond donors (Lipinski definition) is 1. The van der Waals surface area contributed by atoms with Crippen molar-refractivity contribution in [1.29, 1.82) is 0 Å². The molecular weight excluding hydrogens is 262 g/mol. The molecule has 2 rings (SSSR count). The summed E-state index contributed by atoms with van der Waals surface area (Å²) in [6.45, 7) is 14.2. The molecule has 1 aromatic rings. The third kappa shape index (κ3) is 5.40. The van der Waals surface area contributed by atoms with E-state index < -0.39 is 0 Å². The van der Waals surface area contributed by atoms with Gasteiger partial charge in [-0.05, 0) is 38.1 Å². The van der Waals surface area contributed by atoms with Crippen molar-refractivity contribution in [3.05, 3.63) is 11.9 Å². The van der Waals surface area contributed by atoms with E-state index in [1.807, 2.05) is 4.68 Å². The number of aromatic nitrogens is 3. The molecule has 0 amide bonds. The number of nitrogens with zero attached hydrogens (tertiary/aromatic N) is 4. The molecule has 1 N–H and O–H groups in total. The SMILES string of the molecule is CC(C)CNCc1cn(CCN2CC(C)CCC2C)nn1. The van der Waals surface area contributed by atoms with Crippen LogP contribution in [0, 0.1) is 11.8 Å². The quantitative estimate of drug-likeness (QED) is 0.837. The lowest BCUT2D eigenvalue weighted by atomic mass is 9.95. The maximum Gasteiger partial charge on any atom is 0.0964 e. The van der Waals surface area contributed by atoms with Crippen LogP contribution in [-0.2, 0) is 13.1 Å². The minimum Gasteiger partial charge on any atom is -0.311 e. The van der Waals surface area contributed by atoms with Crippen LogP contribution in [0.25, 0.3) is 0 Å². The molecule has 0 radical (unpaired) electrons. The Kier molecular flexibility index (Phi) is 6.18. The zero-order valence-electron chi connectivity index (χ0n) is 14.0. The van der Waals surface area contributed by atoms with Gasteiger partial charge in [-0.25, -0.2) is 0 Å². The molecule has 5 nitrogen and oxygen atoms in total. The first-order chi connectivity index (χ1) is 10.0. The fraction of sp³-hybridized carbons (Fsp3) is 0.875. The molecule has 21 heavy (non-hydrogen) atoms. The summed E-state index contributed by atoms with van der Waals surface area (Å²) in [4.78, 5) is 2.59. The molecule has 0 spiro atoms. The molecule has 1 saturated heterocycles. The van der Waals surface area contributed by atoms with Crippen molar-refractivity contribution in [3.63, 3.8) is 0 Å². The number of likely N-dealkylation sites (tertiary alicyclic amines) is 1. The van der Waals surface area contributed by atoms with Gasteiger partial charge in [0.2, 0.25) is 0 Å². The van der Waals surface area contributed by atoms with Crippen LogP contribution in [0.2, 0.25) is 0 Å². The standard InChI is InChI=1S/C16H31N5/c1-13(2)9-17-10-16-12-21(19-18-16)8-7-20-11-14(3)5-6-15(20)4/h12-15,17H,5-11H2,1-4H3. The minimum absolute atomic E-state index is 0.669. The van der Waals surface area contributed by atoms with Crippen molar-refractivity contribution in [2.45, 2.75) is 59.7 Å². The lowest BCUT2D eigenvalue weighted by molar-refractivity contribution is 0.119. The molecule has 2 atom stereocenters. The van der Waals surface area contributed by atoms with Gasteiger partial charge in [0.1, 0.15) is 0 Å². The summed E-state index contributed by atoms with van der Waals surface area (Å²) in [6, 6.07) is 0.705. The molecule has 0 aromatic carbocycles. The van der Waals surface area contributed by atoms with Gasteiger partial charge in [-0.2, -0.15) is 0 Å². The van der Waals surface area contributed by atoms with Gasteiger partial charge in [0, 0.05) is 31.9 Å². The summed E-state index contributed by atoms with van der Waals surface area (Å²) in [5, 5.41) is 11.9. The van der Waals surface area contributed by atoms with Crippen LogP contribution in [0.5, 0.6) is 0 Å². The number of rotatable bonds is 7. The molecule has 2 unspecified atom stereocenters. The minimum atomic E-state index is 0.669. The fourth-order valence-corrected chi connectivity index (χ4v) is 2.94. The van der Waals surface area contributed by atoms with Crippen LogP contribution in [0.3, 0.4) is 0 Å². The molecule has 1 aromatic heterocycles. The molecule has 1 fully saturated rings. The van der Waals surface area contributed by atoms with E-state index in [9.17, 15) is 0 Å². The number of nitrogens with one attached hydrogen (secondary N) is 1. The first-order valence-corrected chi connectivity index (χ1v) is 8.38. The van der Waals surface area contributed by atoms with Crippen LogP contribution < -0.4 is 5.32 Å². The molecule has 1 aliphatic heterocycles. The molecule has 120 valence electrons. The number of piperidine rings is 1. The summed E-state index contributed by atoms with van der Waals surface area (Å²) in [5.74, 6) is 1.50. The zero-order valence-corrected chi connectivity index (χ0v) is 14.0. The van der Waals surface area contributed by atoms with Gasteiger partial charge in [0.05, 0.1) is 12.2 Å². The van der Waals surface area contributed by atoms with Crippen molar-refractivity contribution < 1.29 is 0 Å². The predicted molar refractivity (Wildman–Crippen MR) is 86.0 cm³/mol. The van der Waals surface area contributed by atoms with E-state index in [2.05, 4.69) is 54.4 Å². The Morgan fingerprint density at radius 1 is 1.29 bits per heavy atom. The maximum absolute atomic E-state index is 4.24. The summed E-state index contributed by atoms with van der Waals surface area (Å²) >= 11 is 0. The summed E-state index contributed by atoms with van der Waals surface area (Å²) in [5.41, 5.74) is 1.04. The topological polar surface area (TPSA) is 46.0 Å². The third-order valence-corrected chi connectivity index (χ3v) is 4.31. The van der Waals surface area contributed by atoms with E-state index in [-0.39, 0.29) is 0 Å². The molecular formula is C16H31N5. The van der Waals surface area contributed by atoms with Crippen molar-refractivity contribution in [1.82, 2.24) is 25.2 Å². The monoisotopic (exact) mass is 293 g/mol. The normalized spacial score (nSPS) is 23.9. The molecule has 0 aliphatic carbocycles. The summed E-state index contributed by atoms with van der Waals surface area (Å²) in [7, 11) is 0. The Labute approximate surface area is 129 Å². The molecule has 1 aliphatic rings. The van der Waals surface area contributed by atoms with Crippen molar-refractivity contribution >= 4 is 0 Å². The zero-order chi connectivity index (χ0) is 15.2. The lowest BCUT2D eigenvalue weighted by Crippen LogP contribution is -2.42. The van der Waals surface area contributed by atoms with Gasteiger partial charge >= 0.3 is 0 Å². The average molecular weight is 293 g/mol. The summed E-state index contributed by atoms with van der Waals surface area (Å²) in [6.07, 6.45) is 4.76. The van der Waals surface area contributed by atoms with E-state index >= 15 is 0 Å². The fourth-order valence-electron chi connectivity index (χ4n) is 2.94. The summed E-state index contributed by atoms with van der Waals surface area (Å²) < 4.78 is 1.98. The number of hydrogen-bond acceptors (Lipinski definition) is 4. The highest BCUT2D eigenvalue weighted by Gasteiger charge is 2.22. The maximum atomic E-state index is 4.24. The van der Waals surface area contributed by atoms with E-state index in [4.69, 9.17) is 0 Å². The highest BCUT2D eigenvalue weighted by Crippen LogP contribution is 2.20. The van der Waals surface area contributed by atoms with E-state index in [0.29, 0.717) is 12.0 Å². The van der Waals surface area contributed by atoms with Gasteiger partial charge in [-0.1, -0.05) is 26.0 Å². The van der Waals surface area contributed by atoms with Crippen LogP contribution in [0.4, 0.5) is 0 Å². The Morgan fingerprint density at radius 2 is 2.10 bits per heavy atom. The first-order valence-electron chi connectivity index (χ1n) is 8.38. The van der Waals surface area contributed by atoms with Crippen LogP contribution in [0.15, 0.2) is 6.20 Å². The van der Waals surface area contributed by atoms with Crippen molar-refractivity contribution in [2.75, 3.05) is 19.6 Å². The Hall–Kier alpha value is -0.940. The van der Waals surface area contributed by atoms with Crippen molar-refractivity contribution in [3.8, 4) is 0 Å². The smallest absolute Gasteiger partial charge is 0.0964 e. The Bertz CT molecular complexity index is 415. The highest BCUT2D eigenvalue weighted by atomic mass is 15.4. The molecule has 2 heterocycles. The van der Waals surface area contributed by atoms with Crippen LogP contribution in [0.1, 0.15) is 46.2 Å². The van der Waals surface area contributed by atoms with Crippen LogP contribution in [-0.4, -0.2) is 45.6 Å². The predicted octanol–water partition coefficient (Wildman–Crippen LogP) is 2.14. The Balaban J connectivity index is 1.74. The van der Waals surface area contributed by atoms with Gasteiger partial charge in [0.15, 0.2) is 0 Å². The van der Waals surface area contributed by atoms with Crippen molar-refractivity contribution in [2.24, 2.45) is 11.8 Å². The first kappa shape index (κ1) is 16.4. The van der Waals surface area contributed by atoms with Gasteiger partial charge in [0.25, 0.3) is 0 Å². The molecule has 0 bridgehead atoms.